The highest BCUT2D eigenvalue weighted by molar-refractivity contribution is 6.12. The fourth-order valence-corrected chi connectivity index (χ4v) is 4.49. The van der Waals surface area contributed by atoms with E-state index in [2.05, 4.69) is 16.0 Å². The number of anilines is 3. The molecule has 4 rings (SSSR count). The Morgan fingerprint density at radius 1 is 1.03 bits per heavy atom. The fourth-order valence-electron chi connectivity index (χ4n) is 4.49. The third-order valence-corrected chi connectivity index (χ3v) is 6.28. The zero-order valence-corrected chi connectivity index (χ0v) is 21.4. The molecule has 0 aliphatic carbocycles. The highest BCUT2D eigenvalue weighted by Gasteiger charge is 2.22. The molecular formula is C28H30N4O6. The number of carbonyl (C=O) groups excluding carboxylic acids is 2. The Morgan fingerprint density at radius 2 is 1.76 bits per heavy atom. The van der Waals surface area contributed by atoms with Crippen molar-refractivity contribution < 1.29 is 24.4 Å². The molecule has 0 unspecified atom stereocenters. The van der Waals surface area contributed by atoms with Crippen molar-refractivity contribution in [3.63, 3.8) is 0 Å². The van der Waals surface area contributed by atoms with Crippen molar-refractivity contribution in [2.45, 2.75) is 32.7 Å². The van der Waals surface area contributed by atoms with E-state index in [4.69, 9.17) is 4.74 Å². The quantitative estimate of drug-likeness (QED) is 0.239. The number of nitro benzene ring substituents is 1. The first kappa shape index (κ1) is 26.6. The summed E-state index contributed by atoms with van der Waals surface area (Å²) < 4.78 is 5.19. The molecule has 10 nitrogen and oxygen atoms in total. The third-order valence-electron chi connectivity index (χ3n) is 6.28. The number of nitro groups is 1. The first-order valence-corrected chi connectivity index (χ1v) is 12.3. The predicted octanol–water partition coefficient (Wildman–Crippen LogP) is 4.65. The van der Waals surface area contributed by atoms with Crippen LogP contribution in [0.1, 0.15) is 36.2 Å². The molecular weight excluding hydrogens is 488 g/mol. The van der Waals surface area contributed by atoms with Crippen LogP contribution in [0.2, 0.25) is 0 Å². The Bertz CT molecular complexity index is 1390. The van der Waals surface area contributed by atoms with Crippen molar-refractivity contribution in [3.8, 4) is 16.9 Å². The summed E-state index contributed by atoms with van der Waals surface area (Å²) in [6, 6.07) is 14.9. The summed E-state index contributed by atoms with van der Waals surface area (Å²) in [7, 11) is 1.38. The molecule has 1 aliphatic heterocycles. The number of amides is 2. The average molecular weight is 519 g/mol. The van der Waals surface area contributed by atoms with Gasteiger partial charge in [-0.05, 0) is 65.4 Å². The standard InChI is InChI=1S/C28H30N4O6/c1-16(2)10-20(15-33)29-27(34)12-17-4-8-22-24(11-17)31-28(35)21-7-5-18(13-23(21)30-22)19-6-9-25(32(36)37)26(14-19)38-3/h4-9,11,13-14,16,20,30,33H,10,12,15H2,1-3H3,(H,29,34)(H,31,35)/t20-/m0/s1. The number of aliphatic hydroxyl groups is 1. The predicted molar refractivity (Wildman–Crippen MR) is 145 cm³/mol. The number of nitrogens with zero attached hydrogens (tertiary/aromatic N) is 1. The van der Waals surface area contributed by atoms with Gasteiger partial charge in [0.1, 0.15) is 0 Å². The van der Waals surface area contributed by atoms with Crippen LogP contribution in [0.3, 0.4) is 0 Å². The molecule has 0 aromatic heterocycles. The van der Waals surface area contributed by atoms with Crippen molar-refractivity contribution in [3.05, 3.63) is 75.8 Å². The summed E-state index contributed by atoms with van der Waals surface area (Å²) in [5.74, 6) is -0.0302. The van der Waals surface area contributed by atoms with Gasteiger partial charge in [0.05, 0.1) is 53.7 Å². The molecule has 2 amide bonds. The summed E-state index contributed by atoms with van der Waals surface area (Å²) in [6.45, 7) is 3.93. The molecule has 198 valence electrons. The number of benzene rings is 3. The largest absolute Gasteiger partial charge is 0.490 e. The van der Waals surface area contributed by atoms with Crippen molar-refractivity contribution in [1.29, 1.82) is 0 Å². The van der Waals surface area contributed by atoms with E-state index in [1.807, 2.05) is 19.9 Å². The van der Waals surface area contributed by atoms with Gasteiger partial charge in [0.25, 0.3) is 5.91 Å². The topological polar surface area (TPSA) is 143 Å². The van der Waals surface area contributed by atoms with Crippen LogP contribution in [0.25, 0.3) is 11.1 Å². The molecule has 1 aliphatic rings. The smallest absolute Gasteiger partial charge is 0.310 e. The number of methoxy groups -OCH3 is 1. The van der Waals surface area contributed by atoms with Gasteiger partial charge in [-0.25, -0.2) is 0 Å². The number of nitrogens with one attached hydrogen (secondary N) is 3. The molecule has 10 heteroatoms. The van der Waals surface area contributed by atoms with E-state index in [0.29, 0.717) is 46.1 Å². The summed E-state index contributed by atoms with van der Waals surface area (Å²) in [5.41, 5.74) is 4.22. The van der Waals surface area contributed by atoms with Crippen LogP contribution in [0.15, 0.2) is 54.6 Å². The Balaban J connectivity index is 1.56. The fraction of sp³-hybridized carbons (Fsp3) is 0.286. The molecule has 38 heavy (non-hydrogen) atoms. The Labute approximate surface area is 220 Å². The number of hydrogen-bond acceptors (Lipinski definition) is 7. The second-order valence-electron chi connectivity index (χ2n) is 9.62. The molecule has 0 fully saturated rings. The van der Waals surface area contributed by atoms with E-state index in [1.165, 1.54) is 13.2 Å². The zero-order chi connectivity index (χ0) is 27.4. The highest BCUT2D eigenvalue weighted by Crippen LogP contribution is 2.37. The molecule has 0 bridgehead atoms. The van der Waals surface area contributed by atoms with Crippen LogP contribution in [0.5, 0.6) is 5.75 Å². The molecule has 1 atom stereocenters. The second-order valence-corrected chi connectivity index (χ2v) is 9.62. The van der Waals surface area contributed by atoms with Crippen LogP contribution in [-0.4, -0.2) is 41.6 Å². The third kappa shape index (κ3) is 5.92. The summed E-state index contributed by atoms with van der Waals surface area (Å²) >= 11 is 0. The molecule has 0 saturated heterocycles. The van der Waals surface area contributed by atoms with Crippen molar-refractivity contribution in [2.75, 3.05) is 24.4 Å². The maximum absolute atomic E-state index is 13.0. The van der Waals surface area contributed by atoms with Gasteiger partial charge in [-0.1, -0.05) is 26.0 Å². The lowest BCUT2D eigenvalue weighted by atomic mass is 10.0. The van der Waals surface area contributed by atoms with Gasteiger partial charge >= 0.3 is 5.69 Å². The SMILES string of the molecule is COc1cc(-c2ccc3c(c2)Nc2ccc(CC(=O)N[C@H](CO)CC(C)C)cc2NC3=O)ccc1[N+](=O)[O-]. The van der Waals surface area contributed by atoms with E-state index < -0.39 is 4.92 Å². The minimum Gasteiger partial charge on any atom is -0.490 e. The molecule has 0 saturated carbocycles. The van der Waals surface area contributed by atoms with E-state index in [0.717, 1.165) is 5.56 Å². The van der Waals surface area contributed by atoms with E-state index >= 15 is 0 Å². The summed E-state index contributed by atoms with van der Waals surface area (Å²) in [4.78, 5) is 36.3. The number of carbonyl (C=O) groups is 2. The molecule has 0 radical (unpaired) electrons. The first-order chi connectivity index (χ1) is 18.2. The lowest BCUT2D eigenvalue weighted by molar-refractivity contribution is -0.385. The molecule has 4 N–H and O–H groups in total. The number of fused-ring (bicyclic) bond motifs is 2. The number of rotatable bonds is 9. The second kappa shape index (κ2) is 11.3. The van der Waals surface area contributed by atoms with Gasteiger partial charge in [0.15, 0.2) is 5.75 Å². The van der Waals surface area contributed by atoms with Crippen molar-refractivity contribution in [2.24, 2.45) is 5.92 Å². The van der Waals surface area contributed by atoms with Crippen LogP contribution in [0.4, 0.5) is 22.7 Å². The summed E-state index contributed by atoms with van der Waals surface area (Å²) in [5, 5.41) is 29.8. The van der Waals surface area contributed by atoms with Crippen LogP contribution >= 0.6 is 0 Å². The normalized spacial score (nSPS) is 12.9. The van der Waals surface area contributed by atoms with Crippen LogP contribution < -0.4 is 20.7 Å². The Hall–Kier alpha value is -4.44. The van der Waals surface area contributed by atoms with E-state index in [-0.39, 0.29) is 42.3 Å². The molecule has 3 aromatic rings. The van der Waals surface area contributed by atoms with Gasteiger partial charge in [0.2, 0.25) is 5.91 Å². The monoisotopic (exact) mass is 518 g/mol. The minimum atomic E-state index is -0.503. The maximum Gasteiger partial charge on any atom is 0.310 e. The maximum atomic E-state index is 13.0. The Kier molecular flexibility index (Phi) is 7.92. The molecule has 0 spiro atoms. The van der Waals surface area contributed by atoms with Crippen LogP contribution in [-0.2, 0) is 11.2 Å². The highest BCUT2D eigenvalue weighted by atomic mass is 16.6. The number of aliphatic hydroxyl groups excluding tert-OH is 1. The van der Waals surface area contributed by atoms with Gasteiger partial charge in [-0.15, -0.1) is 0 Å². The van der Waals surface area contributed by atoms with Gasteiger partial charge in [0, 0.05) is 6.07 Å². The number of hydrogen-bond donors (Lipinski definition) is 4. The van der Waals surface area contributed by atoms with Crippen LogP contribution in [0, 0.1) is 16.0 Å². The molecule has 3 aromatic carbocycles. The van der Waals surface area contributed by atoms with E-state index in [9.17, 15) is 24.8 Å². The van der Waals surface area contributed by atoms with Crippen molar-refractivity contribution in [1.82, 2.24) is 5.32 Å². The van der Waals surface area contributed by atoms with Gasteiger partial charge < -0.3 is 25.8 Å². The zero-order valence-electron chi connectivity index (χ0n) is 21.4. The minimum absolute atomic E-state index is 0.108. The Morgan fingerprint density at radius 3 is 2.45 bits per heavy atom. The first-order valence-electron chi connectivity index (χ1n) is 12.3. The molecule has 1 heterocycles. The van der Waals surface area contributed by atoms with E-state index in [1.54, 1.807) is 42.5 Å². The number of ether oxygens (including phenoxy) is 1. The average Bonchev–Trinajstić information content (AvgIpc) is 3.02. The lowest BCUT2D eigenvalue weighted by Crippen LogP contribution is -2.39. The lowest BCUT2D eigenvalue weighted by Gasteiger charge is -2.18. The van der Waals surface area contributed by atoms with Crippen molar-refractivity contribution >= 4 is 34.6 Å². The summed E-state index contributed by atoms with van der Waals surface area (Å²) in [6.07, 6.45) is 0.788. The van der Waals surface area contributed by atoms with Gasteiger partial charge in [-0.3, -0.25) is 19.7 Å². The van der Waals surface area contributed by atoms with Gasteiger partial charge in [-0.2, -0.15) is 0 Å².